The highest BCUT2D eigenvalue weighted by Gasteiger charge is 2.10. The maximum absolute atomic E-state index is 11.0. The van der Waals surface area contributed by atoms with Crippen LogP contribution in [0.15, 0.2) is 35.9 Å². The van der Waals surface area contributed by atoms with E-state index in [1.165, 1.54) is 5.57 Å². The van der Waals surface area contributed by atoms with Gasteiger partial charge >= 0.3 is 5.97 Å². The predicted octanol–water partition coefficient (Wildman–Crippen LogP) is 4.54. The first-order valence-corrected chi connectivity index (χ1v) is 7.09. The van der Waals surface area contributed by atoms with Crippen LogP contribution in [0.5, 0.6) is 5.75 Å². The summed E-state index contributed by atoms with van der Waals surface area (Å²) in [5, 5.41) is 9.06. The van der Waals surface area contributed by atoms with Crippen LogP contribution in [0.4, 0.5) is 0 Å². The van der Waals surface area contributed by atoms with Crippen molar-refractivity contribution in [2.45, 2.75) is 40.0 Å². The molecule has 0 spiro atoms. The quantitative estimate of drug-likeness (QED) is 0.709. The van der Waals surface area contributed by atoms with E-state index < -0.39 is 5.97 Å². The molecule has 20 heavy (non-hydrogen) atoms. The number of allylic oxidation sites excluding steroid dienone is 2. The van der Waals surface area contributed by atoms with Crippen molar-refractivity contribution in [3.8, 4) is 5.75 Å². The highest BCUT2D eigenvalue weighted by Crippen LogP contribution is 2.19. The number of hydrogen-bond donors (Lipinski definition) is 1. The van der Waals surface area contributed by atoms with Crippen LogP contribution >= 0.6 is 0 Å². The maximum Gasteiger partial charge on any atom is 0.339 e. The van der Waals surface area contributed by atoms with E-state index in [-0.39, 0.29) is 5.56 Å². The predicted molar refractivity (Wildman–Crippen MR) is 81.3 cm³/mol. The van der Waals surface area contributed by atoms with E-state index in [2.05, 4.69) is 26.8 Å². The monoisotopic (exact) mass is 276 g/mol. The van der Waals surface area contributed by atoms with Gasteiger partial charge in [-0.1, -0.05) is 30.7 Å². The van der Waals surface area contributed by atoms with Crippen LogP contribution in [-0.4, -0.2) is 17.7 Å². The Hall–Kier alpha value is -1.77. The minimum absolute atomic E-state index is 0.227. The van der Waals surface area contributed by atoms with E-state index in [0.29, 0.717) is 18.3 Å². The first-order chi connectivity index (χ1) is 9.50. The molecular formula is C17H24O3. The lowest BCUT2D eigenvalue weighted by atomic mass is 10.0. The van der Waals surface area contributed by atoms with E-state index in [4.69, 9.17) is 9.84 Å². The fourth-order valence-corrected chi connectivity index (χ4v) is 1.94. The summed E-state index contributed by atoms with van der Waals surface area (Å²) in [4.78, 5) is 11.0. The Kier molecular flexibility index (Phi) is 6.85. The van der Waals surface area contributed by atoms with E-state index in [1.807, 2.05) is 0 Å². The molecule has 1 unspecified atom stereocenters. The molecule has 3 nitrogen and oxygen atoms in total. The molecule has 0 saturated heterocycles. The van der Waals surface area contributed by atoms with Crippen LogP contribution in [0.1, 0.15) is 50.4 Å². The SMILES string of the molecule is CC(C)=CCCC(C)CCOc1ccccc1C(=O)O. The molecule has 0 aliphatic carbocycles. The smallest absolute Gasteiger partial charge is 0.339 e. The number of para-hydroxylation sites is 1. The Labute approximate surface area is 121 Å². The number of carboxylic acid groups (broad SMARTS) is 1. The molecule has 1 N–H and O–H groups in total. The van der Waals surface area contributed by atoms with Crippen molar-refractivity contribution in [3.63, 3.8) is 0 Å². The van der Waals surface area contributed by atoms with Crippen molar-refractivity contribution in [2.75, 3.05) is 6.61 Å². The van der Waals surface area contributed by atoms with Crippen molar-refractivity contribution >= 4 is 5.97 Å². The molecular weight excluding hydrogens is 252 g/mol. The summed E-state index contributed by atoms with van der Waals surface area (Å²) in [6, 6.07) is 6.77. The normalized spacial score (nSPS) is 11.8. The maximum atomic E-state index is 11.0. The number of aromatic carboxylic acids is 1. The Morgan fingerprint density at radius 3 is 2.65 bits per heavy atom. The third-order valence-corrected chi connectivity index (χ3v) is 3.20. The highest BCUT2D eigenvalue weighted by molar-refractivity contribution is 5.90. The number of rotatable bonds is 8. The van der Waals surface area contributed by atoms with Gasteiger partial charge in [0, 0.05) is 0 Å². The molecule has 0 heterocycles. The molecule has 0 aliphatic heterocycles. The zero-order valence-corrected chi connectivity index (χ0v) is 12.6. The van der Waals surface area contributed by atoms with E-state index in [1.54, 1.807) is 24.3 Å². The summed E-state index contributed by atoms with van der Waals surface area (Å²) in [7, 11) is 0. The summed E-state index contributed by atoms with van der Waals surface area (Å²) in [5.41, 5.74) is 1.58. The van der Waals surface area contributed by atoms with Crippen LogP contribution in [0.2, 0.25) is 0 Å². The van der Waals surface area contributed by atoms with Gasteiger partial charge in [-0.2, -0.15) is 0 Å². The third-order valence-electron chi connectivity index (χ3n) is 3.20. The Balaban J connectivity index is 2.37. The third kappa shape index (κ3) is 5.91. The lowest BCUT2D eigenvalue weighted by molar-refractivity contribution is 0.0692. The number of hydrogen-bond acceptors (Lipinski definition) is 2. The lowest BCUT2D eigenvalue weighted by Crippen LogP contribution is -2.07. The van der Waals surface area contributed by atoms with Crippen molar-refractivity contribution in [2.24, 2.45) is 5.92 Å². The van der Waals surface area contributed by atoms with Crippen molar-refractivity contribution in [3.05, 3.63) is 41.5 Å². The van der Waals surface area contributed by atoms with E-state index >= 15 is 0 Å². The first kappa shape index (κ1) is 16.3. The standard InChI is InChI=1S/C17H24O3/c1-13(2)7-6-8-14(3)11-12-20-16-10-5-4-9-15(16)17(18)19/h4-5,7,9-10,14H,6,8,11-12H2,1-3H3,(H,18,19). The fourth-order valence-electron chi connectivity index (χ4n) is 1.94. The molecule has 1 aromatic rings. The summed E-state index contributed by atoms with van der Waals surface area (Å²) < 4.78 is 5.60. The second-order valence-corrected chi connectivity index (χ2v) is 5.40. The Bertz CT molecular complexity index is 459. The molecule has 3 heteroatoms. The van der Waals surface area contributed by atoms with Gasteiger partial charge in [-0.3, -0.25) is 0 Å². The summed E-state index contributed by atoms with van der Waals surface area (Å²) >= 11 is 0. The van der Waals surface area contributed by atoms with Crippen LogP contribution in [0, 0.1) is 5.92 Å². The van der Waals surface area contributed by atoms with Crippen molar-refractivity contribution in [1.29, 1.82) is 0 Å². The molecule has 1 aromatic carbocycles. The molecule has 1 rings (SSSR count). The van der Waals surface area contributed by atoms with Crippen LogP contribution in [0.3, 0.4) is 0 Å². The summed E-state index contributed by atoms with van der Waals surface area (Å²) in [6.45, 7) is 6.97. The average Bonchev–Trinajstić information content (AvgIpc) is 2.38. The van der Waals surface area contributed by atoms with Gasteiger partial charge in [-0.25, -0.2) is 4.79 Å². The van der Waals surface area contributed by atoms with Gasteiger partial charge in [0.1, 0.15) is 11.3 Å². The molecule has 0 aromatic heterocycles. The number of carbonyl (C=O) groups is 1. The van der Waals surface area contributed by atoms with Gasteiger partial charge < -0.3 is 9.84 Å². The Morgan fingerprint density at radius 1 is 1.30 bits per heavy atom. The number of benzene rings is 1. The zero-order chi connectivity index (χ0) is 15.0. The number of ether oxygens (including phenoxy) is 1. The fraction of sp³-hybridized carbons (Fsp3) is 0.471. The minimum atomic E-state index is -0.947. The second-order valence-electron chi connectivity index (χ2n) is 5.40. The van der Waals surface area contributed by atoms with Crippen LogP contribution in [0.25, 0.3) is 0 Å². The molecule has 0 radical (unpaired) electrons. The molecule has 0 amide bonds. The largest absolute Gasteiger partial charge is 0.493 e. The molecule has 0 aliphatic rings. The molecule has 0 fully saturated rings. The van der Waals surface area contributed by atoms with Gasteiger partial charge in [0.05, 0.1) is 6.61 Å². The van der Waals surface area contributed by atoms with Gasteiger partial charge in [0.2, 0.25) is 0 Å². The molecule has 0 saturated carbocycles. The zero-order valence-electron chi connectivity index (χ0n) is 12.6. The van der Waals surface area contributed by atoms with Crippen molar-refractivity contribution < 1.29 is 14.6 Å². The minimum Gasteiger partial charge on any atom is -0.493 e. The highest BCUT2D eigenvalue weighted by atomic mass is 16.5. The average molecular weight is 276 g/mol. The Morgan fingerprint density at radius 2 is 2.00 bits per heavy atom. The number of carboxylic acids is 1. The molecule has 1 atom stereocenters. The van der Waals surface area contributed by atoms with Gasteiger partial charge in [-0.05, 0) is 51.2 Å². The van der Waals surface area contributed by atoms with E-state index in [9.17, 15) is 4.79 Å². The van der Waals surface area contributed by atoms with Crippen molar-refractivity contribution in [1.82, 2.24) is 0 Å². The van der Waals surface area contributed by atoms with Gasteiger partial charge in [0.15, 0.2) is 0 Å². The topological polar surface area (TPSA) is 46.5 Å². The van der Waals surface area contributed by atoms with Crippen LogP contribution < -0.4 is 4.74 Å². The summed E-state index contributed by atoms with van der Waals surface area (Å²) in [6.07, 6.45) is 5.41. The van der Waals surface area contributed by atoms with Gasteiger partial charge in [0.25, 0.3) is 0 Å². The molecule has 110 valence electrons. The van der Waals surface area contributed by atoms with E-state index in [0.717, 1.165) is 19.3 Å². The molecule has 0 bridgehead atoms. The van der Waals surface area contributed by atoms with Crippen LogP contribution in [-0.2, 0) is 0 Å². The second kappa shape index (κ2) is 8.41. The van der Waals surface area contributed by atoms with Gasteiger partial charge in [-0.15, -0.1) is 0 Å². The lowest BCUT2D eigenvalue weighted by Gasteiger charge is -2.12. The first-order valence-electron chi connectivity index (χ1n) is 7.09. The summed E-state index contributed by atoms with van der Waals surface area (Å²) in [5.74, 6) is 0.0799.